The van der Waals surface area contributed by atoms with Gasteiger partial charge in [0.05, 0.1) is 32.8 Å². The zero-order chi connectivity index (χ0) is 27.9. The van der Waals surface area contributed by atoms with Crippen LogP contribution in [0.4, 0.5) is 5.69 Å². The summed E-state index contributed by atoms with van der Waals surface area (Å²) in [6.07, 6.45) is 1.71. The molecule has 39 heavy (non-hydrogen) atoms. The van der Waals surface area contributed by atoms with Crippen molar-refractivity contribution in [1.29, 1.82) is 0 Å². The van der Waals surface area contributed by atoms with Crippen LogP contribution in [-0.4, -0.2) is 53.2 Å². The van der Waals surface area contributed by atoms with E-state index >= 15 is 0 Å². The van der Waals surface area contributed by atoms with Crippen molar-refractivity contribution in [3.8, 4) is 0 Å². The smallest absolute Gasteiger partial charge is 0.325 e. The monoisotopic (exact) mass is 585 g/mol. The summed E-state index contributed by atoms with van der Waals surface area (Å²) in [5.41, 5.74) is 2.26. The quantitative estimate of drug-likeness (QED) is 0.318. The number of carbonyl (C=O) groups is 2. The van der Waals surface area contributed by atoms with Crippen molar-refractivity contribution in [2.75, 3.05) is 24.2 Å². The predicted molar refractivity (Wildman–Crippen MR) is 146 cm³/mol. The highest BCUT2D eigenvalue weighted by atomic mass is 32.2. The number of thiazole rings is 1. The van der Waals surface area contributed by atoms with Gasteiger partial charge < -0.3 is 9.30 Å². The highest BCUT2D eigenvalue weighted by molar-refractivity contribution is 7.92. The molecule has 0 atom stereocenters. The topological polar surface area (TPSA) is 132 Å². The van der Waals surface area contributed by atoms with E-state index in [9.17, 15) is 26.4 Å². The fourth-order valence-corrected chi connectivity index (χ4v) is 7.61. The van der Waals surface area contributed by atoms with Crippen LogP contribution in [0.15, 0.2) is 81.5 Å². The lowest BCUT2D eigenvalue weighted by atomic mass is 10.2. The van der Waals surface area contributed by atoms with Gasteiger partial charge in [0.1, 0.15) is 6.54 Å². The molecule has 0 radical (unpaired) electrons. The van der Waals surface area contributed by atoms with Crippen molar-refractivity contribution in [2.24, 2.45) is 4.99 Å². The SMILES string of the molecule is COC(=O)Cn1c(=NC(=O)c2ccc(S(=O)(=O)N3CCc4ccccc43)cc2)sc2cc(S(C)(=O)=O)ccc21. The van der Waals surface area contributed by atoms with E-state index in [1.165, 1.54) is 52.4 Å². The third-order valence-electron chi connectivity index (χ3n) is 6.33. The van der Waals surface area contributed by atoms with E-state index in [1.54, 1.807) is 18.2 Å². The van der Waals surface area contributed by atoms with Gasteiger partial charge in [-0.1, -0.05) is 29.5 Å². The van der Waals surface area contributed by atoms with Gasteiger partial charge in [-0.2, -0.15) is 4.99 Å². The number of benzene rings is 3. The first-order valence-corrected chi connectivity index (χ1v) is 15.8. The number of sulfonamides is 1. The van der Waals surface area contributed by atoms with Gasteiger partial charge in [0, 0.05) is 18.4 Å². The highest BCUT2D eigenvalue weighted by Gasteiger charge is 2.30. The highest BCUT2D eigenvalue weighted by Crippen LogP contribution is 2.32. The van der Waals surface area contributed by atoms with E-state index in [-0.39, 0.29) is 26.7 Å². The van der Waals surface area contributed by atoms with E-state index in [2.05, 4.69) is 4.99 Å². The molecule has 1 aliphatic heterocycles. The van der Waals surface area contributed by atoms with E-state index in [0.29, 0.717) is 28.9 Å². The zero-order valence-corrected chi connectivity index (χ0v) is 23.3. The Hall–Kier alpha value is -3.81. The molecule has 202 valence electrons. The average molecular weight is 586 g/mol. The van der Waals surface area contributed by atoms with E-state index in [0.717, 1.165) is 23.2 Å². The number of ether oxygens (including phenoxy) is 1. The predicted octanol–water partition coefficient (Wildman–Crippen LogP) is 2.77. The Kier molecular flexibility index (Phi) is 6.91. The molecule has 0 bridgehead atoms. The summed E-state index contributed by atoms with van der Waals surface area (Å²) in [6.45, 7) is 0.0974. The number of hydrogen-bond acceptors (Lipinski definition) is 8. The molecule has 0 fully saturated rings. The molecule has 2 heterocycles. The number of fused-ring (bicyclic) bond motifs is 2. The Morgan fingerprint density at radius 1 is 0.974 bits per heavy atom. The maximum absolute atomic E-state index is 13.3. The minimum Gasteiger partial charge on any atom is -0.468 e. The molecule has 0 saturated heterocycles. The molecule has 5 rings (SSSR count). The summed E-state index contributed by atoms with van der Waals surface area (Å²) in [5.74, 6) is -1.23. The average Bonchev–Trinajstić information content (AvgIpc) is 3.49. The molecule has 0 unspecified atom stereocenters. The maximum atomic E-state index is 13.3. The number of methoxy groups -OCH3 is 1. The molecule has 1 aromatic heterocycles. The molecular formula is C26H23N3O7S3. The Bertz CT molecular complexity index is 1910. The minimum atomic E-state index is -3.82. The van der Waals surface area contributed by atoms with Crippen LogP contribution in [-0.2, 0) is 42.4 Å². The summed E-state index contributed by atoms with van der Waals surface area (Å²) in [6, 6.07) is 17.3. The molecule has 0 N–H and O–H groups in total. The fraction of sp³-hybridized carbons (Fsp3) is 0.192. The Balaban J connectivity index is 1.50. The molecule has 0 spiro atoms. The first kappa shape index (κ1) is 26.8. The number of nitrogens with zero attached hydrogens (tertiary/aromatic N) is 3. The van der Waals surface area contributed by atoms with Crippen LogP contribution >= 0.6 is 11.3 Å². The van der Waals surface area contributed by atoms with Gasteiger partial charge in [0.2, 0.25) is 0 Å². The summed E-state index contributed by atoms with van der Waals surface area (Å²) < 4.78 is 58.7. The van der Waals surface area contributed by atoms with Gasteiger partial charge in [-0.25, -0.2) is 16.8 Å². The Morgan fingerprint density at radius 3 is 2.36 bits per heavy atom. The van der Waals surface area contributed by atoms with Crippen LogP contribution in [0.2, 0.25) is 0 Å². The lowest BCUT2D eigenvalue weighted by molar-refractivity contribution is -0.141. The molecule has 10 nitrogen and oxygen atoms in total. The zero-order valence-electron chi connectivity index (χ0n) is 20.9. The molecule has 3 aromatic carbocycles. The lowest BCUT2D eigenvalue weighted by Crippen LogP contribution is -2.29. The number of hydrogen-bond donors (Lipinski definition) is 0. The van der Waals surface area contributed by atoms with Crippen LogP contribution in [0.3, 0.4) is 0 Å². The van der Waals surface area contributed by atoms with Gasteiger partial charge in [-0.05, 0) is 60.5 Å². The summed E-state index contributed by atoms with van der Waals surface area (Å²) >= 11 is 1.05. The van der Waals surface area contributed by atoms with Crippen LogP contribution in [0.5, 0.6) is 0 Å². The summed E-state index contributed by atoms with van der Waals surface area (Å²) in [7, 11) is -6.06. The number of aromatic nitrogens is 1. The number of carbonyl (C=O) groups excluding carboxylic acids is 2. The van der Waals surface area contributed by atoms with E-state index in [4.69, 9.17) is 4.74 Å². The van der Waals surface area contributed by atoms with E-state index in [1.807, 2.05) is 12.1 Å². The van der Waals surface area contributed by atoms with Crippen molar-refractivity contribution in [3.05, 3.63) is 82.7 Å². The number of para-hydroxylation sites is 1. The number of anilines is 1. The van der Waals surface area contributed by atoms with Crippen LogP contribution in [0, 0.1) is 0 Å². The summed E-state index contributed by atoms with van der Waals surface area (Å²) in [4.78, 5) is 29.6. The lowest BCUT2D eigenvalue weighted by Gasteiger charge is -2.19. The van der Waals surface area contributed by atoms with Gasteiger partial charge in [-0.15, -0.1) is 0 Å². The van der Waals surface area contributed by atoms with Crippen LogP contribution in [0.1, 0.15) is 15.9 Å². The Morgan fingerprint density at radius 2 is 1.67 bits per heavy atom. The van der Waals surface area contributed by atoms with Crippen molar-refractivity contribution in [3.63, 3.8) is 0 Å². The van der Waals surface area contributed by atoms with Crippen LogP contribution < -0.4 is 9.11 Å². The normalized spacial score (nSPS) is 14.0. The summed E-state index contributed by atoms with van der Waals surface area (Å²) in [5, 5.41) is 0. The first-order chi connectivity index (χ1) is 18.5. The standard InChI is InChI=1S/C26H23N3O7S3/c1-36-24(30)16-28-22-12-11-20(38(2,32)33)15-23(22)37-26(28)27-25(31)18-7-9-19(10-8-18)39(34,35)29-14-13-17-5-3-4-6-21(17)29/h3-12,15H,13-14,16H2,1-2H3. The number of rotatable bonds is 6. The van der Waals surface area contributed by atoms with Gasteiger partial charge >= 0.3 is 5.97 Å². The second-order valence-corrected chi connectivity index (χ2v) is 13.7. The van der Waals surface area contributed by atoms with Gasteiger partial charge in [-0.3, -0.25) is 13.9 Å². The molecule has 1 aliphatic rings. The minimum absolute atomic E-state index is 0.0478. The van der Waals surface area contributed by atoms with Gasteiger partial charge in [0.25, 0.3) is 15.9 Å². The number of amides is 1. The molecular weight excluding hydrogens is 563 g/mol. The Labute approximate surface area is 228 Å². The largest absolute Gasteiger partial charge is 0.468 e. The van der Waals surface area contributed by atoms with Crippen molar-refractivity contribution in [1.82, 2.24) is 4.57 Å². The second kappa shape index (κ2) is 10.1. The molecule has 4 aromatic rings. The van der Waals surface area contributed by atoms with Crippen molar-refractivity contribution >= 4 is 59.0 Å². The van der Waals surface area contributed by atoms with Crippen molar-refractivity contribution < 1.29 is 31.2 Å². The second-order valence-electron chi connectivity index (χ2n) is 8.85. The number of sulfone groups is 1. The maximum Gasteiger partial charge on any atom is 0.325 e. The van der Waals surface area contributed by atoms with Gasteiger partial charge in [0.15, 0.2) is 14.6 Å². The number of esters is 1. The fourth-order valence-electron chi connectivity index (χ4n) is 4.32. The molecule has 1 amide bonds. The first-order valence-electron chi connectivity index (χ1n) is 11.7. The third-order valence-corrected chi connectivity index (χ3v) is 10.3. The third kappa shape index (κ3) is 5.12. The van der Waals surface area contributed by atoms with E-state index < -0.39 is 31.7 Å². The molecule has 0 saturated carbocycles. The molecule has 0 aliphatic carbocycles. The molecule has 13 heteroatoms. The van der Waals surface area contributed by atoms with Crippen molar-refractivity contribution in [2.45, 2.75) is 22.8 Å². The van der Waals surface area contributed by atoms with Crippen LogP contribution in [0.25, 0.3) is 10.2 Å².